The number of hydrogen-bond acceptors (Lipinski definition) is 6. The molecule has 0 unspecified atom stereocenters. The van der Waals surface area contributed by atoms with Crippen molar-refractivity contribution in [2.45, 2.75) is 10.8 Å². The summed E-state index contributed by atoms with van der Waals surface area (Å²) in [5.74, 6) is -0.0370. The molecular formula is C14H12N2O4S. The number of hydrogen-bond donors (Lipinski definition) is 0. The first-order valence-corrected chi connectivity index (χ1v) is 7.00. The number of esters is 1. The molecule has 6 nitrogen and oxygen atoms in total. The van der Waals surface area contributed by atoms with Gasteiger partial charge in [0.05, 0.1) is 17.6 Å². The molecule has 0 radical (unpaired) electrons. The van der Waals surface area contributed by atoms with Crippen LogP contribution in [0, 0.1) is 10.1 Å². The van der Waals surface area contributed by atoms with E-state index in [2.05, 4.69) is 4.98 Å². The summed E-state index contributed by atoms with van der Waals surface area (Å²) < 4.78 is 4.72. The predicted molar refractivity (Wildman–Crippen MR) is 78.2 cm³/mol. The number of benzene rings is 1. The molecule has 7 heteroatoms. The van der Waals surface area contributed by atoms with Crippen LogP contribution in [0.3, 0.4) is 0 Å². The molecule has 1 aromatic carbocycles. The van der Waals surface area contributed by atoms with Gasteiger partial charge in [-0.25, -0.2) is 9.78 Å². The van der Waals surface area contributed by atoms with E-state index in [4.69, 9.17) is 4.74 Å². The molecule has 0 amide bonds. The zero-order valence-electron chi connectivity index (χ0n) is 11.2. The molecule has 2 aromatic rings. The average Bonchev–Trinajstić information content (AvgIpc) is 2.52. The average molecular weight is 304 g/mol. The summed E-state index contributed by atoms with van der Waals surface area (Å²) in [5.41, 5.74) is 1.15. The van der Waals surface area contributed by atoms with Crippen LogP contribution in [0.2, 0.25) is 0 Å². The lowest BCUT2D eigenvalue weighted by Gasteiger charge is -2.07. The SMILES string of the molecule is COC(=O)c1ccccc1CSc1ncccc1[N+](=O)[O-]. The molecule has 21 heavy (non-hydrogen) atoms. The number of pyridine rings is 1. The van der Waals surface area contributed by atoms with Crippen molar-refractivity contribution in [1.82, 2.24) is 4.98 Å². The quantitative estimate of drug-likeness (QED) is 0.365. The molecule has 0 saturated carbocycles. The van der Waals surface area contributed by atoms with Crippen molar-refractivity contribution in [3.05, 3.63) is 63.8 Å². The molecule has 0 atom stereocenters. The van der Waals surface area contributed by atoms with Gasteiger partial charge in [-0.15, -0.1) is 0 Å². The van der Waals surface area contributed by atoms with E-state index in [1.54, 1.807) is 24.3 Å². The standard InChI is InChI=1S/C14H12N2O4S/c1-20-14(17)11-6-3-2-5-10(11)9-21-13-12(16(18)19)7-4-8-15-13/h2-8H,9H2,1H3. The molecular weight excluding hydrogens is 292 g/mol. The van der Waals surface area contributed by atoms with Gasteiger partial charge < -0.3 is 4.74 Å². The number of carbonyl (C=O) groups excluding carboxylic acids is 1. The Morgan fingerprint density at radius 3 is 2.81 bits per heavy atom. The van der Waals surface area contributed by atoms with Crippen LogP contribution in [0.4, 0.5) is 5.69 Å². The molecule has 108 valence electrons. The van der Waals surface area contributed by atoms with Crippen molar-refractivity contribution in [3.8, 4) is 0 Å². The first-order chi connectivity index (χ1) is 10.1. The highest BCUT2D eigenvalue weighted by Crippen LogP contribution is 2.29. The lowest BCUT2D eigenvalue weighted by Crippen LogP contribution is -2.05. The minimum absolute atomic E-state index is 0.0435. The molecule has 1 aromatic heterocycles. The summed E-state index contributed by atoms with van der Waals surface area (Å²) in [6.07, 6.45) is 1.50. The fraction of sp³-hybridized carbons (Fsp3) is 0.143. The Bertz CT molecular complexity index is 676. The Balaban J connectivity index is 2.21. The first kappa shape index (κ1) is 15.0. The Morgan fingerprint density at radius 2 is 2.10 bits per heavy atom. The highest BCUT2D eigenvalue weighted by Gasteiger charge is 2.16. The molecule has 0 spiro atoms. The molecule has 0 fully saturated rings. The molecule has 0 bridgehead atoms. The van der Waals surface area contributed by atoms with Crippen molar-refractivity contribution >= 4 is 23.4 Å². The van der Waals surface area contributed by atoms with Gasteiger partial charge in [0.25, 0.3) is 0 Å². The van der Waals surface area contributed by atoms with E-state index in [1.165, 1.54) is 37.2 Å². The smallest absolute Gasteiger partial charge is 0.338 e. The monoisotopic (exact) mass is 304 g/mol. The maximum Gasteiger partial charge on any atom is 0.338 e. The van der Waals surface area contributed by atoms with Gasteiger partial charge in [0.1, 0.15) is 0 Å². The van der Waals surface area contributed by atoms with Crippen LogP contribution in [0.15, 0.2) is 47.6 Å². The lowest BCUT2D eigenvalue weighted by molar-refractivity contribution is -0.388. The minimum Gasteiger partial charge on any atom is -0.465 e. The minimum atomic E-state index is -0.471. The summed E-state index contributed by atoms with van der Waals surface area (Å²) in [6.45, 7) is 0. The topological polar surface area (TPSA) is 82.3 Å². The number of nitrogens with zero attached hydrogens (tertiary/aromatic N) is 2. The van der Waals surface area contributed by atoms with Crippen molar-refractivity contribution in [2.24, 2.45) is 0 Å². The van der Waals surface area contributed by atoms with E-state index in [1.807, 2.05) is 0 Å². The number of nitro groups is 1. The first-order valence-electron chi connectivity index (χ1n) is 6.02. The maximum absolute atomic E-state index is 11.7. The fourth-order valence-corrected chi connectivity index (χ4v) is 2.70. The Morgan fingerprint density at radius 1 is 1.33 bits per heavy atom. The fourth-order valence-electron chi connectivity index (χ4n) is 1.73. The van der Waals surface area contributed by atoms with E-state index in [0.29, 0.717) is 16.3 Å². The van der Waals surface area contributed by atoms with Gasteiger partial charge in [-0.2, -0.15) is 0 Å². The van der Waals surface area contributed by atoms with Crippen LogP contribution >= 0.6 is 11.8 Å². The molecule has 0 aliphatic carbocycles. The highest BCUT2D eigenvalue weighted by atomic mass is 32.2. The predicted octanol–water partition coefficient (Wildman–Crippen LogP) is 3.07. The maximum atomic E-state index is 11.7. The zero-order chi connectivity index (χ0) is 15.2. The van der Waals surface area contributed by atoms with E-state index in [-0.39, 0.29) is 5.69 Å². The Hall–Kier alpha value is -2.41. The van der Waals surface area contributed by atoms with Crippen molar-refractivity contribution in [3.63, 3.8) is 0 Å². The van der Waals surface area contributed by atoms with Gasteiger partial charge in [0.15, 0.2) is 5.03 Å². The largest absolute Gasteiger partial charge is 0.465 e. The van der Waals surface area contributed by atoms with Crippen LogP contribution < -0.4 is 0 Å². The number of thioether (sulfide) groups is 1. The van der Waals surface area contributed by atoms with Crippen LogP contribution in [-0.4, -0.2) is 23.0 Å². The number of aromatic nitrogens is 1. The third-order valence-corrected chi connectivity index (χ3v) is 3.78. The van der Waals surface area contributed by atoms with Crippen molar-refractivity contribution in [1.29, 1.82) is 0 Å². The normalized spacial score (nSPS) is 10.1. The molecule has 0 saturated heterocycles. The molecule has 2 rings (SSSR count). The van der Waals surface area contributed by atoms with Crippen molar-refractivity contribution < 1.29 is 14.5 Å². The summed E-state index contributed by atoms with van der Waals surface area (Å²) in [4.78, 5) is 26.1. The van der Waals surface area contributed by atoms with Crippen LogP contribution in [0.5, 0.6) is 0 Å². The second kappa shape index (κ2) is 6.85. The summed E-state index contributed by atoms with van der Waals surface area (Å²) in [7, 11) is 1.32. The number of ether oxygens (including phenoxy) is 1. The van der Waals surface area contributed by atoms with Crippen LogP contribution in [0.1, 0.15) is 15.9 Å². The molecule has 0 aliphatic heterocycles. The van der Waals surface area contributed by atoms with Gasteiger partial charge in [-0.05, 0) is 17.7 Å². The number of methoxy groups -OCH3 is 1. The highest BCUT2D eigenvalue weighted by molar-refractivity contribution is 7.98. The molecule has 0 aliphatic rings. The summed E-state index contributed by atoms with van der Waals surface area (Å²) in [5, 5.41) is 11.3. The van der Waals surface area contributed by atoms with Gasteiger partial charge in [-0.3, -0.25) is 10.1 Å². The number of carbonyl (C=O) groups is 1. The second-order valence-corrected chi connectivity index (χ2v) is 4.99. The van der Waals surface area contributed by atoms with Gasteiger partial charge >= 0.3 is 11.7 Å². The van der Waals surface area contributed by atoms with Crippen LogP contribution in [0.25, 0.3) is 0 Å². The van der Waals surface area contributed by atoms with E-state index >= 15 is 0 Å². The van der Waals surface area contributed by atoms with E-state index in [0.717, 1.165) is 5.56 Å². The Labute approximate surface area is 125 Å². The number of rotatable bonds is 5. The van der Waals surface area contributed by atoms with Crippen molar-refractivity contribution in [2.75, 3.05) is 7.11 Å². The van der Waals surface area contributed by atoms with Gasteiger partial charge in [0, 0.05) is 18.0 Å². The Kier molecular flexibility index (Phi) is 4.89. The van der Waals surface area contributed by atoms with E-state index in [9.17, 15) is 14.9 Å². The third-order valence-electron chi connectivity index (χ3n) is 2.73. The lowest BCUT2D eigenvalue weighted by atomic mass is 10.1. The second-order valence-electron chi connectivity index (χ2n) is 4.02. The zero-order valence-corrected chi connectivity index (χ0v) is 12.0. The summed E-state index contributed by atoms with van der Waals surface area (Å²) in [6, 6.07) is 9.91. The van der Waals surface area contributed by atoms with Crippen LogP contribution in [-0.2, 0) is 10.5 Å². The van der Waals surface area contributed by atoms with E-state index < -0.39 is 10.9 Å². The molecule has 0 N–H and O–H groups in total. The molecule has 1 heterocycles. The van der Waals surface area contributed by atoms with Gasteiger partial charge in [0.2, 0.25) is 0 Å². The third kappa shape index (κ3) is 3.57. The van der Waals surface area contributed by atoms with Gasteiger partial charge in [-0.1, -0.05) is 30.0 Å². The summed E-state index contributed by atoms with van der Waals surface area (Å²) >= 11 is 1.21.